The highest BCUT2D eigenvalue weighted by Gasteiger charge is 2.34. The predicted octanol–water partition coefficient (Wildman–Crippen LogP) is 4.40. The number of amides is 1. The lowest BCUT2D eigenvalue weighted by atomic mass is 10.1. The molecule has 1 aliphatic rings. The van der Waals surface area contributed by atoms with E-state index >= 15 is 0 Å². The van der Waals surface area contributed by atoms with Gasteiger partial charge in [0, 0.05) is 36.7 Å². The van der Waals surface area contributed by atoms with Gasteiger partial charge in [-0.05, 0) is 31.5 Å². The minimum absolute atomic E-state index is 0.0586. The quantitative estimate of drug-likeness (QED) is 0.518. The average molecular weight is 410 g/mol. The Morgan fingerprint density at radius 1 is 1.07 bits per heavy atom. The molecule has 2 aromatic rings. The van der Waals surface area contributed by atoms with Crippen LogP contribution in [-0.2, 0) is 17.9 Å². The predicted molar refractivity (Wildman–Crippen MR) is 99.4 cm³/mol. The Kier molecular flexibility index (Phi) is 6.74. The smallest absolute Gasteiger partial charge is 0.405 e. The summed E-state index contributed by atoms with van der Waals surface area (Å²) in [5.41, 5.74) is 0.870. The molecule has 2 aromatic carbocycles. The van der Waals surface area contributed by atoms with E-state index in [-0.39, 0.29) is 30.1 Å². The van der Waals surface area contributed by atoms with Crippen molar-refractivity contribution in [3.63, 3.8) is 0 Å². The summed E-state index contributed by atoms with van der Waals surface area (Å²) in [5.74, 6) is -0.666. The minimum atomic E-state index is -4.79. The number of para-hydroxylation sites is 1. The Labute approximate surface area is 166 Å². The van der Waals surface area contributed by atoms with Crippen LogP contribution in [0.4, 0.5) is 17.6 Å². The number of likely N-dealkylation sites (tertiary alicyclic amines) is 1. The molecule has 156 valence electrons. The number of hydrogen-bond donors (Lipinski definition) is 1. The van der Waals surface area contributed by atoms with E-state index in [1.807, 2.05) is 0 Å². The minimum Gasteiger partial charge on any atom is -0.405 e. The number of halogens is 4. The number of ether oxygens (including phenoxy) is 1. The lowest BCUT2D eigenvalue weighted by molar-refractivity contribution is -0.275. The zero-order chi connectivity index (χ0) is 20.9. The van der Waals surface area contributed by atoms with E-state index in [2.05, 4.69) is 10.1 Å². The first-order chi connectivity index (χ1) is 13.8. The van der Waals surface area contributed by atoms with Gasteiger partial charge < -0.3 is 15.0 Å². The summed E-state index contributed by atoms with van der Waals surface area (Å²) in [6, 6.07) is 12.2. The van der Waals surface area contributed by atoms with Crippen LogP contribution in [0.1, 0.15) is 30.4 Å². The summed E-state index contributed by atoms with van der Waals surface area (Å²) in [5, 5.41) is 3.16. The standard InChI is InChI=1S/C21H22F4N2O2/c22-18-7-3-1-5-15(18)13-26-12-11-17-9-10-20(28)27(17)14-16-6-2-4-8-19(16)29-21(23,24)25/h1-8,17,26H,9-14H2/t17-/m1/s1. The Morgan fingerprint density at radius 3 is 2.48 bits per heavy atom. The number of carbonyl (C=O) groups excluding carboxylic acids is 1. The molecule has 1 aliphatic heterocycles. The number of benzene rings is 2. The summed E-state index contributed by atoms with van der Waals surface area (Å²) < 4.78 is 55.6. The van der Waals surface area contributed by atoms with Crippen LogP contribution >= 0.6 is 0 Å². The van der Waals surface area contributed by atoms with E-state index in [1.54, 1.807) is 29.2 Å². The van der Waals surface area contributed by atoms with E-state index in [4.69, 9.17) is 0 Å². The maximum Gasteiger partial charge on any atom is 0.573 e. The van der Waals surface area contributed by atoms with Crippen molar-refractivity contribution < 1.29 is 27.1 Å². The first kappa shape index (κ1) is 21.1. The fourth-order valence-electron chi connectivity index (χ4n) is 3.49. The first-order valence-electron chi connectivity index (χ1n) is 9.41. The topological polar surface area (TPSA) is 41.6 Å². The van der Waals surface area contributed by atoms with Crippen LogP contribution < -0.4 is 10.1 Å². The van der Waals surface area contributed by atoms with Crippen molar-refractivity contribution in [2.75, 3.05) is 6.54 Å². The maximum atomic E-state index is 13.6. The second-order valence-corrected chi connectivity index (χ2v) is 6.93. The van der Waals surface area contributed by atoms with Gasteiger partial charge in [-0.2, -0.15) is 0 Å². The third-order valence-corrected chi connectivity index (χ3v) is 4.92. The number of alkyl halides is 3. The summed E-state index contributed by atoms with van der Waals surface area (Å²) in [6.45, 7) is 0.988. The van der Waals surface area contributed by atoms with E-state index in [0.29, 0.717) is 43.5 Å². The van der Waals surface area contributed by atoms with Crippen LogP contribution in [0.15, 0.2) is 48.5 Å². The second-order valence-electron chi connectivity index (χ2n) is 6.93. The molecule has 0 aromatic heterocycles. The molecular weight excluding hydrogens is 388 g/mol. The van der Waals surface area contributed by atoms with Crippen LogP contribution in [0, 0.1) is 5.82 Å². The molecule has 1 heterocycles. The maximum absolute atomic E-state index is 13.6. The SMILES string of the molecule is O=C1CC[C@H](CCNCc2ccccc2F)N1Cc1ccccc1OC(F)(F)F. The number of nitrogens with zero attached hydrogens (tertiary/aromatic N) is 1. The van der Waals surface area contributed by atoms with Crippen molar-refractivity contribution >= 4 is 5.91 Å². The molecule has 0 spiro atoms. The van der Waals surface area contributed by atoms with Gasteiger partial charge in [-0.1, -0.05) is 36.4 Å². The molecule has 8 heteroatoms. The van der Waals surface area contributed by atoms with E-state index in [9.17, 15) is 22.4 Å². The van der Waals surface area contributed by atoms with Gasteiger partial charge in [0.25, 0.3) is 0 Å². The van der Waals surface area contributed by atoms with Crippen LogP contribution in [0.3, 0.4) is 0 Å². The number of hydrogen-bond acceptors (Lipinski definition) is 3. The highest BCUT2D eigenvalue weighted by atomic mass is 19.4. The molecule has 0 unspecified atom stereocenters. The van der Waals surface area contributed by atoms with Crippen molar-refractivity contribution in [3.05, 3.63) is 65.5 Å². The molecule has 1 fully saturated rings. The molecule has 1 amide bonds. The van der Waals surface area contributed by atoms with Crippen LogP contribution in [-0.4, -0.2) is 29.8 Å². The molecule has 1 N–H and O–H groups in total. The van der Waals surface area contributed by atoms with Gasteiger partial charge in [-0.15, -0.1) is 13.2 Å². The summed E-state index contributed by atoms with van der Waals surface area (Å²) in [7, 11) is 0. The van der Waals surface area contributed by atoms with Crippen molar-refractivity contribution in [2.24, 2.45) is 0 Å². The molecule has 4 nitrogen and oxygen atoms in total. The number of carbonyl (C=O) groups is 1. The van der Waals surface area contributed by atoms with E-state index in [0.717, 1.165) is 0 Å². The van der Waals surface area contributed by atoms with Crippen molar-refractivity contribution in [1.29, 1.82) is 0 Å². The van der Waals surface area contributed by atoms with Crippen molar-refractivity contribution in [1.82, 2.24) is 10.2 Å². The molecule has 0 radical (unpaired) electrons. The Hall–Kier alpha value is -2.61. The Balaban J connectivity index is 1.58. The van der Waals surface area contributed by atoms with Crippen LogP contribution in [0.25, 0.3) is 0 Å². The summed E-state index contributed by atoms with van der Waals surface area (Å²) in [6.07, 6.45) is -3.16. The zero-order valence-corrected chi connectivity index (χ0v) is 15.7. The molecule has 1 atom stereocenters. The van der Waals surface area contributed by atoms with Gasteiger partial charge in [0.05, 0.1) is 0 Å². The normalized spacial score (nSPS) is 17.0. The Bertz CT molecular complexity index is 841. The van der Waals surface area contributed by atoms with Gasteiger partial charge in [0.1, 0.15) is 11.6 Å². The highest BCUT2D eigenvalue weighted by molar-refractivity contribution is 5.78. The van der Waals surface area contributed by atoms with Gasteiger partial charge in [0.15, 0.2) is 0 Å². The van der Waals surface area contributed by atoms with Crippen LogP contribution in [0.2, 0.25) is 0 Å². The fourth-order valence-corrected chi connectivity index (χ4v) is 3.49. The third kappa shape index (κ3) is 5.93. The summed E-state index contributed by atoms with van der Waals surface area (Å²) in [4.78, 5) is 13.9. The summed E-state index contributed by atoms with van der Waals surface area (Å²) >= 11 is 0. The monoisotopic (exact) mass is 410 g/mol. The first-order valence-corrected chi connectivity index (χ1v) is 9.41. The molecule has 0 saturated carbocycles. The highest BCUT2D eigenvalue weighted by Crippen LogP contribution is 2.30. The molecular formula is C21H22F4N2O2. The molecule has 0 aliphatic carbocycles. The number of rotatable bonds is 8. The Morgan fingerprint density at radius 2 is 1.76 bits per heavy atom. The average Bonchev–Trinajstić information content (AvgIpc) is 3.00. The van der Waals surface area contributed by atoms with Gasteiger partial charge >= 0.3 is 6.36 Å². The molecule has 0 bridgehead atoms. The molecule has 3 rings (SSSR count). The second kappa shape index (κ2) is 9.26. The van der Waals surface area contributed by atoms with Gasteiger partial charge in [0.2, 0.25) is 5.91 Å². The van der Waals surface area contributed by atoms with Crippen molar-refractivity contribution in [3.8, 4) is 5.75 Å². The van der Waals surface area contributed by atoms with Gasteiger partial charge in [-0.25, -0.2) is 4.39 Å². The lowest BCUT2D eigenvalue weighted by Gasteiger charge is -2.26. The largest absolute Gasteiger partial charge is 0.573 e. The van der Waals surface area contributed by atoms with E-state index in [1.165, 1.54) is 24.3 Å². The van der Waals surface area contributed by atoms with E-state index < -0.39 is 6.36 Å². The third-order valence-electron chi connectivity index (χ3n) is 4.92. The molecule has 29 heavy (non-hydrogen) atoms. The van der Waals surface area contributed by atoms with Crippen LogP contribution in [0.5, 0.6) is 5.75 Å². The van der Waals surface area contributed by atoms with Gasteiger partial charge in [-0.3, -0.25) is 4.79 Å². The fraction of sp³-hybridized carbons (Fsp3) is 0.381. The zero-order valence-electron chi connectivity index (χ0n) is 15.7. The van der Waals surface area contributed by atoms with Crippen molar-refractivity contribution in [2.45, 2.75) is 44.8 Å². The number of nitrogens with one attached hydrogen (secondary N) is 1. The lowest BCUT2D eigenvalue weighted by Crippen LogP contribution is -2.35. The molecule has 1 saturated heterocycles.